The van der Waals surface area contributed by atoms with E-state index in [-0.39, 0.29) is 23.8 Å². The van der Waals surface area contributed by atoms with Crippen LogP contribution in [-0.2, 0) is 4.79 Å². The lowest BCUT2D eigenvalue weighted by atomic mass is 10.1. The fraction of sp³-hybridized carbons (Fsp3) is 0.300. The molecule has 0 aromatic heterocycles. The minimum Gasteiger partial charge on any atom is -0.496 e. The molecule has 0 fully saturated rings. The first-order valence-corrected chi connectivity index (χ1v) is 9.21. The summed E-state index contributed by atoms with van der Waals surface area (Å²) in [5.74, 6) is 0.640. The van der Waals surface area contributed by atoms with Gasteiger partial charge in [-0.2, -0.15) is 0 Å². The molecule has 2 aromatic carbocycles. The molecule has 0 aliphatic carbocycles. The number of amides is 1. The quantitative estimate of drug-likeness (QED) is 0.676. The van der Waals surface area contributed by atoms with Crippen LogP contribution in [0, 0.1) is 0 Å². The first-order valence-electron chi connectivity index (χ1n) is 8.42. The summed E-state index contributed by atoms with van der Waals surface area (Å²) in [5.41, 5.74) is 2.30. The maximum Gasteiger partial charge on any atom is 0.282 e. The number of halogens is 1. The van der Waals surface area contributed by atoms with Crippen LogP contribution in [0.5, 0.6) is 5.75 Å². The van der Waals surface area contributed by atoms with Crippen molar-refractivity contribution >= 4 is 33.3 Å². The Bertz CT molecular complexity index is 807. The predicted octanol–water partition coefficient (Wildman–Crippen LogP) is 3.31. The van der Waals surface area contributed by atoms with E-state index in [9.17, 15) is 9.59 Å². The Labute approximate surface area is 162 Å². The second-order valence-electron chi connectivity index (χ2n) is 6.29. The van der Waals surface area contributed by atoms with Gasteiger partial charge >= 0.3 is 0 Å². The van der Waals surface area contributed by atoms with Gasteiger partial charge in [-0.25, -0.2) is 0 Å². The topological polar surface area (TPSA) is 72.0 Å². The Balaban J connectivity index is 2.01. The molecule has 0 aliphatic rings. The molecule has 26 heavy (non-hydrogen) atoms. The van der Waals surface area contributed by atoms with Gasteiger partial charge in [0.05, 0.1) is 11.6 Å². The molecular formula is C20H24BrN2O3+. The van der Waals surface area contributed by atoms with E-state index in [0.717, 1.165) is 15.8 Å². The molecule has 0 saturated heterocycles. The minimum absolute atomic E-state index is 0.0283. The molecule has 6 heteroatoms. The summed E-state index contributed by atoms with van der Waals surface area (Å²) in [4.78, 5) is 23.9. The minimum atomic E-state index is -0.285. The first kappa shape index (κ1) is 20.1. The summed E-state index contributed by atoms with van der Waals surface area (Å²) in [7, 11) is 1.63. The van der Waals surface area contributed by atoms with Gasteiger partial charge in [0.25, 0.3) is 5.91 Å². The standard InChI is InChI=1S/C20H23BrN2O3/c1-12(15-8-9-19(26-4)18(21)11-15)22-13(2)20(25)23-17-7-5-6-16(10-17)14(3)24/h5-13,22H,1-4H3,(H,23,25)/p+1/t12-,13-/m0/s1. The highest BCUT2D eigenvalue weighted by Crippen LogP contribution is 2.27. The van der Waals surface area contributed by atoms with E-state index in [4.69, 9.17) is 4.74 Å². The molecule has 0 bridgehead atoms. The van der Waals surface area contributed by atoms with Gasteiger partial charge in [-0.1, -0.05) is 12.1 Å². The lowest BCUT2D eigenvalue weighted by molar-refractivity contribution is -0.709. The van der Waals surface area contributed by atoms with Gasteiger partial charge in [-0.05, 0) is 67.0 Å². The molecule has 0 spiro atoms. The number of hydrogen-bond donors (Lipinski definition) is 2. The number of methoxy groups -OCH3 is 1. The SMILES string of the molecule is COc1ccc([C@H](C)[NH2+][C@@H](C)C(=O)Nc2cccc(C(C)=O)c2)cc1Br. The van der Waals surface area contributed by atoms with Gasteiger partial charge in [-0.3, -0.25) is 9.59 Å². The van der Waals surface area contributed by atoms with Crippen LogP contribution in [0.15, 0.2) is 46.9 Å². The molecular weight excluding hydrogens is 396 g/mol. The number of nitrogens with one attached hydrogen (secondary N) is 1. The molecule has 2 aromatic rings. The van der Waals surface area contributed by atoms with Gasteiger partial charge in [0.1, 0.15) is 11.8 Å². The third kappa shape index (κ3) is 5.16. The number of ketones is 1. The van der Waals surface area contributed by atoms with Gasteiger partial charge < -0.3 is 15.4 Å². The number of hydrogen-bond acceptors (Lipinski definition) is 3. The van der Waals surface area contributed by atoms with E-state index in [1.54, 1.807) is 31.4 Å². The Morgan fingerprint density at radius 2 is 1.88 bits per heavy atom. The van der Waals surface area contributed by atoms with Crippen LogP contribution in [0.25, 0.3) is 0 Å². The molecule has 138 valence electrons. The summed E-state index contributed by atoms with van der Waals surface area (Å²) in [6, 6.07) is 12.7. The number of Topliss-reactive ketones (excluding diaryl/α,β-unsaturated/α-hetero) is 1. The average Bonchev–Trinajstić information content (AvgIpc) is 2.61. The third-order valence-corrected chi connectivity index (χ3v) is 4.85. The Hall–Kier alpha value is -2.18. The van der Waals surface area contributed by atoms with Crippen LogP contribution in [0.1, 0.15) is 42.7 Å². The molecule has 0 radical (unpaired) electrons. The van der Waals surface area contributed by atoms with Crippen LogP contribution in [0.4, 0.5) is 5.69 Å². The van der Waals surface area contributed by atoms with Crippen LogP contribution in [0.3, 0.4) is 0 Å². The van der Waals surface area contributed by atoms with Gasteiger partial charge in [0.2, 0.25) is 0 Å². The van der Waals surface area contributed by atoms with Crippen molar-refractivity contribution in [3.8, 4) is 5.75 Å². The van der Waals surface area contributed by atoms with Crippen molar-refractivity contribution in [1.82, 2.24) is 0 Å². The first-order chi connectivity index (χ1) is 12.3. The smallest absolute Gasteiger partial charge is 0.282 e. The van der Waals surface area contributed by atoms with Crippen molar-refractivity contribution in [3.05, 3.63) is 58.1 Å². The van der Waals surface area contributed by atoms with Gasteiger partial charge in [0, 0.05) is 16.8 Å². The highest BCUT2D eigenvalue weighted by Gasteiger charge is 2.21. The molecule has 0 saturated carbocycles. The zero-order valence-electron chi connectivity index (χ0n) is 15.4. The lowest BCUT2D eigenvalue weighted by Crippen LogP contribution is -2.91. The molecule has 3 N–H and O–H groups in total. The van der Waals surface area contributed by atoms with Crippen LogP contribution in [0.2, 0.25) is 0 Å². The van der Waals surface area contributed by atoms with Crippen molar-refractivity contribution in [1.29, 1.82) is 0 Å². The summed E-state index contributed by atoms with van der Waals surface area (Å²) in [5, 5.41) is 4.87. The van der Waals surface area contributed by atoms with Crippen molar-refractivity contribution in [3.63, 3.8) is 0 Å². The molecule has 2 rings (SSSR count). The highest BCUT2D eigenvalue weighted by molar-refractivity contribution is 9.10. The summed E-state index contributed by atoms with van der Waals surface area (Å²) in [6.45, 7) is 5.42. The number of ether oxygens (including phenoxy) is 1. The summed E-state index contributed by atoms with van der Waals surface area (Å²) in [6.07, 6.45) is 0. The van der Waals surface area contributed by atoms with Crippen LogP contribution in [-0.4, -0.2) is 24.8 Å². The Kier molecular flexibility index (Phi) is 6.94. The van der Waals surface area contributed by atoms with E-state index in [0.29, 0.717) is 11.3 Å². The van der Waals surface area contributed by atoms with E-state index in [2.05, 4.69) is 28.2 Å². The largest absolute Gasteiger partial charge is 0.496 e. The Morgan fingerprint density at radius 3 is 2.50 bits per heavy atom. The van der Waals surface area contributed by atoms with Crippen LogP contribution < -0.4 is 15.4 Å². The number of benzene rings is 2. The monoisotopic (exact) mass is 419 g/mol. The molecule has 0 unspecified atom stereocenters. The van der Waals surface area contributed by atoms with Crippen LogP contribution >= 0.6 is 15.9 Å². The zero-order chi connectivity index (χ0) is 19.3. The Morgan fingerprint density at radius 1 is 1.15 bits per heavy atom. The second kappa shape index (κ2) is 8.96. The van der Waals surface area contributed by atoms with E-state index >= 15 is 0 Å². The van der Waals surface area contributed by atoms with E-state index < -0.39 is 0 Å². The van der Waals surface area contributed by atoms with Gasteiger partial charge in [0.15, 0.2) is 11.8 Å². The molecule has 2 atom stereocenters. The number of quaternary nitrogens is 1. The third-order valence-electron chi connectivity index (χ3n) is 4.23. The fourth-order valence-electron chi connectivity index (χ4n) is 2.67. The summed E-state index contributed by atoms with van der Waals surface area (Å²) < 4.78 is 6.13. The van der Waals surface area contributed by atoms with Crippen molar-refractivity contribution in [2.75, 3.05) is 12.4 Å². The van der Waals surface area contributed by atoms with E-state index in [1.807, 2.05) is 30.4 Å². The number of nitrogens with two attached hydrogens (primary N) is 1. The number of carbonyl (C=O) groups excluding carboxylic acids is 2. The molecule has 0 heterocycles. The highest BCUT2D eigenvalue weighted by atomic mass is 79.9. The van der Waals surface area contributed by atoms with Gasteiger partial charge in [-0.15, -0.1) is 0 Å². The molecule has 1 amide bonds. The van der Waals surface area contributed by atoms with Crippen molar-refractivity contribution in [2.24, 2.45) is 0 Å². The molecule has 5 nitrogen and oxygen atoms in total. The zero-order valence-corrected chi connectivity index (χ0v) is 17.0. The van der Waals surface area contributed by atoms with Crippen molar-refractivity contribution in [2.45, 2.75) is 32.9 Å². The summed E-state index contributed by atoms with van der Waals surface area (Å²) >= 11 is 3.49. The number of carbonyl (C=O) groups is 2. The normalized spacial score (nSPS) is 13.0. The van der Waals surface area contributed by atoms with Crippen molar-refractivity contribution < 1.29 is 19.6 Å². The maximum atomic E-state index is 12.5. The number of rotatable bonds is 7. The number of anilines is 1. The van der Waals surface area contributed by atoms with E-state index in [1.165, 1.54) is 6.92 Å². The maximum absolute atomic E-state index is 12.5. The lowest BCUT2D eigenvalue weighted by Gasteiger charge is -2.18. The predicted molar refractivity (Wildman–Crippen MR) is 106 cm³/mol. The second-order valence-corrected chi connectivity index (χ2v) is 7.14. The fourth-order valence-corrected chi connectivity index (χ4v) is 3.23. The average molecular weight is 420 g/mol. The molecule has 0 aliphatic heterocycles.